The molecule has 33 heavy (non-hydrogen) atoms. The average Bonchev–Trinajstić information content (AvgIpc) is 3.39. The number of benzene rings is 1. The maximum Gasteiger partial charge on any atom is 0.261 e. The van der Waals surface area contributed by atoms with Crippen molar-refractivity contribution in [3.05, 3.63) is 59.6 Å². The van der Waals surface area contributed by atoms with E-state index in [4.69, 9.17) is 26.2 Å². The van der Waals surface area contributed by atoms with Crippen molar-refractivity contribution in [2.45, 2.75) is 12.6 Å². The number of rotatable bonds is 8. The molecule has 0 saturated carbocycles. The molecule has 1 aliphatic rings. The zero-order chi connectivity index (χ0) is 22.8. The van der Waals surface area contributed by atoms with E-state index in [1.165, 1.54) is 6.20 Å². The van der Waals surface area contributed by atoms with Crippen LogP contribution in [0, 0.1) is 0 Å². The van der Waals surface area contributed by atoms with Gasteiger partial charge in [0.15, 0.2) is 5.65 Å². The van der Waals surface area contributed by atoms with Crippen LogP contribution in [0.1, 0.15) is 10.4 Å². The second kappa shape index (κ2) is 9.18. The molecule has 2 N–H and O–H groups in total. The van der Waals surface area contributed by atoms with Gasteiger partial charge in [-0.2, -0.15) is 10.2 Å². The number of ether oxygens (including phenoxy) is 2. The van der Waals surface area contributed by atoms with Gasteiger partial charge in [0.1, 0.15) is 17.0 Å². The van der Waals surface area contributed by atoms with E-state index in [-0.39, 0.29) is 5.91 Å². The summed E-state index contributed by atoms with van der Waals surface area (Å²) in [4.78, 5) is 17.4. The zero-order valence-corrected chi connectivity index (χ0v) is 18.6. The van der Waals surface area contributed by atoms with Crippen LogP contribution in [0.2, 0.25) is 5.02 Å². The molecular weight excluding hydrogens is 446 g/mol. The molecule has 1 aromatic carbocycles. The maximum absolute atomic E-state index is 13.1. The molecule has 5 rings (SSSR count). The number of methoxy groups -OCH3 is 1. The van der Waals surface area contributed by atoms with E-state index in [0.29, 0.717) is 58.1 Å². The van der Waals surface area contributed by atoms with Crippen molar-refractivity contribution in [3.8, 4) is 17.0 Å². The highest BCUT2D eigenvalue weighted by molar-refractivity contribution is 6.31. The summed E-state index contributed by atoms with van der Waals surface area (Å²) in [6.45, 7) is 2.77. The first kappa shape index (κ1) is 21.4. The molecule has 3 aromatic heterocycles. The SMILES string of the molecule is COc1ccc(Cl)cc1-c1nn(CCNC2COC2)cc1NC(=O)c1cnn2cccnc12. The molecule has 1 fully saturated rings. The normalized spacial score (nSPS) is 13.8. The van der Waals surface area contributed by atoms with Crippen LogP contribution < -0.4 is 15.4 Å². The van der Waals surface area contributed by atoms with Crippen molar-refractivity contribution in [1.82, 2.24) is 29.7 Å². The summed E-state index contributed by atoms with van der Waals surface area (Å²) in [6.07, 6.45) is 6.64. The van der Waals surface area contributed by atoms with Crippen LogP contribution in [0.3, 0.4) is 0 Å². The topological polar surface area (TPSA) is 108 Å². The Kier molecular flexibility index (Phi) is 5.95. The number of carbonyl (C=O) groups is 1. The molecule has 0 aliphatic carbocycles. The van der Waals surface area contributed by atoms with Gasteiger partial charge in [0, 0.05) is 35.7 Å². The minimum absolute atomic E-state index is 0.338. The van der Waals surface area contributed by atoms with Crippen molar-refractivity contribution >= 4 is 28.8 Å². The quantitative estimate of drug-likeness (QED) is 0.410. The van der Waals surface area contributed by atoms with Crippen molar-refractivity contribution in [2.75, 3.05) is 32.2 Å². The fraction of sp³-hybridized carbons (Fsp3) is 0.273. The first-order chi connectivity index (χ1) is 16.1. The summed E-state index contributed by atoms with van der Waals surface area (Å²) in [6, 6.07) is 7.41. The van der Waals surface area contributed by atoms with Crippen molar-refractivity contribution in [3.63, 3.8) is 0 Å². The van der Waals surface area contributed by atoms with Gasteiger partial charge >= 0.3 is 0 Å². The molecule has 4 aromatic rings. The average molecular weight is 468 g/mol. The number of nitrogens with one attached hydrogen (secondary N) is 2. The largest absolute Gasteiger partial charge is 0.496 e. The lowest BCUT2D eigenvalue weighted by atomic mass is 10.1. The molecule has 0 atom stereocenters. The highest BCUT2D eigenvalue weighted by Gasteiger charge is 2.21. The molecular formula is C22H22ClN7O3. The Morgan fingerprint density at radius 1 is 1.36 bits per heavy atom. The third-order valence-corrected chi connectivity index (χ3v) is 5.60. The minimum atomic E-state index is -0.338. The van der Waals surface area contributed by atoms with Gasteiger partial charge in [-0.1, -0.05) is 11.6 Å². The molecule has 10 nitrogen and oxygen atoms in total. The molecule has 4 heterocycles. The Labute approximate surface area is 194 Å². The summed E-state index contributed by atoms with van der Waals surface area (Å²) in [5.74, 6) is 0.262. The second-order valence-corrected chi connectivity index (χ2v) is 8.02. The van der Waals surface area contributed by atoms with Gasteiger partial charge in [-0.05, 0) is 24.3 Å². The molecule has 1 aliphatic heterocycles. The van der Waals surface area contributed by atoms with E-state index in [1.54, 1.807) is 59.2 Å². The van der Waals surface area contributed by atoms with E-state index >= 15 is 0 Å². The van der Waals surface area contributed by atoms with E-state index in [2.05, 4.69) is 20.7 Å². The Bertz CT molecular complexity index is 1300. The summed E-state index contributed by atoms with van der Waals surface area (Å²) < 4.78 is 14.0. The fourth-order valence-corrected chi connectivity index (χ4v) is 3.78. The number of fused-ring (bicyclic) bond motifs is 1. The van der Waals surface area contributed by atoms with E-state index in [1.807, 2.05) is 0 Å². The minimum Gasteiger partial charge on any atom is -0.496 e. The molecule has 170 valence electrons. The number of carbonyl (C=O) groups excluding carboxylic acids is 1. The summed E-state index contributed by atoms with van der Waals surface area (Å²) in [5.41, 5.74) is 2.59. The number of hydrogen-bond donors (Lipinski definition) is 2. The number of nitrogens with zero attached hydrogens (tertiary/aromatic N) is 5. The van der Waals surface area contributed by atoms with Crippen LogP contribution in [0.5, 0.6) is 5.75 Å². The Balaban J connectivity index is 1.46. The summed E-state index contributed by atoms with van der Waals surface area (Å²) in [7, 11) is 1.58. The smallest absolute Gasteiger partial charge is 0.261 e. The van der Waals surface area contributed by atoms with Crippen molar-refractivity contribution < 1.29 is 14.3 Å². The van der Waals surface area contributed by atoms with Gasteiger partial charge in [0.2, 0.25) is 0 Å². The summed E-state index contributed by atoms with van der Waals surface area (Å²) >= 11 is 6.26. The maximum atomic E-state index is 13.1. The highest BCUT2D eigenvalue weighted by Crippen LogP contribution is 2.36. The molecule has 1 amide bonds. The van der Waals surface area contributed by atoms with E-state index in [9.17, 15) is 4.79 Å². The number of hydrogen-bond acceptors (Lipinski definition) is 7. The second-order valence-electron chi connectivity index (χ2n) is 7.59. The first-order valence-corrected chi connectivity index (χ1v) is 10.8. The van der Waals surface area contributed by atoms with Gasteiger partial charge in [-0.15, -0.1) is 0 Å². The third-order valence-electron chi connectivity index (χ3n) is 5.36. The number of aromatic nitrogens is 5. The van der Waals surface area contributed by atoms with E-state index < -0.39 is 0 Å². The zero-order valence-electron chi connectivity index (χ0n) is 17.9. The highest BCUT2D eigenvalue weighted by atomic mass is 35.5. The third kappa shape index (κ3) is 4.40. The predicted molar refractivity (Wildman–Crippen MR) is 123 cm³/mol. The predicted octanol–water partition coefficient (Wildman–Crippen LogP) is 2.50. The Morgan fingerprint density at radius 3 is 3.03 bits per heavy atom. The number of anilines is 1. The molecule has 0 unspecified atom stereocenters. The first-order valence-electron chi connectivity index (χ1n) is 10.4. The molecule has 0 radical (unpaired) electrons. The van der Waals surface area contributed by atoms with Gasteiger partial charge in [0.25, 0.3) is 5.91 Å². The molecule has 0 bridgehead atoms. The van der Waals surface area contributed by atoms with Crippen LogP contribution in [0.25, 0.3) is 16.9 Å². The monoisotopic (exact) mass is 467 g/mol. The van der Waals surface area contributed by atoms with E-state index in [0.717, 1.165) is 13.2 Å². The molecule has 0 spiro atoms. The Morgan fingerprint density at radius 2 is 2.24 bits per heavy atom. The van der Waals surface area contributed by atoms with Crippen LogP contribution >= 0.6 is 11.6 Å². The standard InChI is InChI=1S/C22H22ClN7O3/c1-32-19-4-3-14(23)9-16(19)20-18(11-29(28-20)8-6-24-15-12-33-13-15)27-22(31)17-10-26-30-7-2-5-25-21(17)30/h2-5,7,9-11,15,24H,6,8,12-13H2,1H3,(H,27,31). The molecule has 1 saturated heterocycles. The van der Waals surface area contributed by atoms with Crippen molar-refractivity contribution in [1.29, 1.82) is 0 Å². The Hall–Kier alpha value is -3.47. The van der Waals surface area contributed by atoms with Crippen LogP contribution in [-0.4, -0.2) is 63.2 Å². The summed E-state index contributed by atoms with van der Waals surface area (Å²) in [5, 5.41) is 15.8. The van der Waals surface area contributed by atoms with Crippen LogP contribution in [0.4, 0.5) is 5.69 Å². The molecule has 11 heteroatoms. The fourth-order valence-electron chi connectivity index (χ4n) is 3.61. The van der Waals surface area contributed by atoms with Gasteiger partial charge in [-0.3, -0.25) is 9.48 Å². The lowest BCUT2D eigenvalue weighted by molar-refractivity contribution is -0.00523. The van der Waals surface area contributed by atoms with Gasteiger partial charge < -0.3 is 20.1 Å². The van der Waals surface area contributed by atoms with Crippen molar-refractivity contribution in [2.24, 2.45) is 0 Å². The lowest BCUT2D eigenvalue weighted by Crippen LogP contribution is -2.46. The number of amides is 1. The number of halogens is 1. The van der Waals surface area contributed by atoms with Gasteiger partial charge in [0.05, 0.1) is 44.8 Å². The van der Waals surface area contributed by atoms with Crippen LogP contribution in [-0.2, 0) is 11.3 Å². The lowest BCUT2D eigenvalue weighted by Gasteiger charge is -2.26. The van der Waals surface area contributed by atoms with Gasteiger partial charge in [-0.25, -0.2) is 9.50 Å². The van der Waals surface area contributed by atoms with Crippen LogP contribution in [0.15, 0.2) is 49.1 Å².